The zero-order valence-electron chi connectivity index (χ0n) is 17.0. The predicted octanol–water partition coefficient (Wildman–Crippen LogP) is 4.23. The molecule has 1 unspecified atom stereocenters. The van der Waals surface area contributed by atoms with Gasteiger partial charge in [-0.1, -0.05) is 24.6 Å². The molecule has 2 aromatic carbocycles. The topological polar surface area (TPSA) is 102 Å². The van der Waals surface area contributed by atoms with Crippen molar-refractivity contribution in [3.8, 4) is 0 Å². The van der Waals surface area contributed by atoms with Crippen molar-refractivity contribution in [3.05, 3.63) is 58.6 Å². The Morgan fingerprint density at radius 1 is 1.12 bits per heavy atom. The van der Waals surface area contributed by atoms with Crippen molar-refractivity contribution < 1.29 is 35.9 Å². The number of amides is 1. The van der Waals surface area contributed by atoms with Gasteiger partial charge in [0.15, 0.2) is 6.61 Å². The Kier molecular flexibility index (Phi) is 8.27. The van der Waals surface area contributed by atoms with Crippen molar-refractivity contribution in [2.45, 2.75) is 37.4 Å². The van der Waals surface area contributed by atoms with Gasteiger partial charge >= 0.3 is 12.1 Å². The van der Waals surface area contributed by atoms with E-state index in [9.17, 15) is 31.2 Å². The summed E-state index contributed by atoms with van der Waals surface area (Å²) in [5.74, 6) is -2.00. The quantitative estimate of drug-likeness (QED) is 0.537. The number of benzene rings is 2. The summed E-state index contributed by atoms with van der Waals surface area (Å²) in [7, 11) is -3.77. The Hall–Kier alpha value is -2.63. The van der Waals surface area contributed by atoms with E-state index in [-0.39, 0.29) is 21.5 Å². The van der Waals surface area contributed by atoms with Crippen molar-refractivity contribution in [1.29, 1.82) is 0 Å². The molecule has 0 heterocycles. The molecule has 0 saturated heterocycles. The standard InChI is InChI=1S/C20H20ClF3N2O5S/c1-3-12(2)26-32(29,30)14-9-7-13(8-10-14)19(28)31-11-17(27)25-18-15(20(22,23)24)5-4-6-16(18)21/h4-10,12,26H,3,11H2,1-2H3,(H,25,27). The van der Waals surface area contributed by atoms with Gasteiger partial charge in [0.1, 0.15) is 0 Å². The van der Waals surface area contributed by atoms with E-state index in [1.54, 1.807) is 6.92 Å². The van der Waals surface area contributed by atoms with Gasteiger partial charge in [-0.15, -0.1) is 0 Å². The van der Waals surface area contributed by atoms with E-state index in [1.165, 1.54) is 30.3 Å². The Morgan fingerprint density at radius 2 is 1.75 bits per heavy atom. The maximum Gasteiger partial charge on any atom is 0.418 e. The molecule has 2 rings (SSSR count). The van der Waals surface area contributed by atoms with E-state index in [0.717, 1.165) is 12.1 Å². The zero-order valence-corrected chi connectivity index (χ0v) is 18.6. The first-order valence-corrected chi connectivity index (χ1v) is 11.2. The molecule has 32 heavy (non-hydrogen) atoms. The molecule has 1 amide bonds. The molecule has 0 radical (unpaired) electrons. The molecule has 0 aromatic heterocycles. The molecule has 0 saturated carbocycles. The van der Waals surface area contributed by atoms with E-state index < -0.39 is 45.9 Å². The number of nitrogens with one attached hydrogen (secondary N) is 2. The van der Waals surface area contributed by atoms with Crippen LogP contribution in [0.25, 0.3) is 0 Å². The Morgan fingerprint density at radius 3 is 2.31 bits per heavy atom. The molecule has 0 aliphatic heterocycles. The second-order valence-electron chi connectivity index (χ2n) is 6.74. The number of halogens is 4. The van der Waals surface area contributed by atoms with Crippen molar-refractivity contribution in [3.63, 3.8) is 0 Å². The number of sulfonamides is 1. The second kappa shape index (κ2) is 10.3. The number of ether oxygens (including phenoxy) is 1. The van der Waals surface area contributed by atoms with Gasteiger partial charge in [0.25, 0.3) is 5.91 Å². The largest absolute Gasteiger partial charge is 0.452 e. The first kappa shape index (κ1) is 25.6. The van der Waals surface area contributed by atoms with Gasteiger partial charge in [0.05, 0.1) is 26.7 Å². The third kappa shape index (κ3) is 6.68. The average Bonchev–Trinajstić information content (AvgIpc) is 2.72. The Bertz CT molecular complexity index is 1090. The first-order valence-electron chi connectivity index (χ1n) is 9.30. The SMILES string of the molecule is CCC(C)NS(=O)(=O)c1ccc(C(=O)OCC(=O)Nc2c(Cl)cccc2C(F)(F)F)cc1. The average molecular weight is 493 g/mol. The van der Waals surface area contributed by atoms with Crippen LogP contribution in [0.5, 0.6) is 0 Å². The lowest BCUT2D eigenvalue weighted by molar-refractivity contribution is -0.137. The molecular formula is C20H20ClF3N2O5S. The molecule has 0 spiro atoms. The fourth-order valence-corrected chi connectivity index (χ4v) is 4.01. The highest BCUT2D eigenvalue weighted by Gasteiger charge is 2.34. The third-order valence-corrected chi connectivity index (χ3v) is 6.21. The second-order valence-corrected chi connectivity index (χ2v) is 8.86. The number of hydrogen-bond acceptors (Lipinski definition) is 5. The van der Waals surface area contributed by atoms with E-state index in [4.69, 9.17) is 16.3 Å². The lowest BCUT2D eigenvalue weighted by atomic mass is 10.1. The van der Waals surface area contributed by atoms with Gasteiger partial charge in [0, 0.05) is 6.04 Å². The molecule has 0 aliphatic carbocycles. The van der Waals surface area contributed by atoms with Gasteiger partial charge < -0.3 is 10.1 Å². The van der Waals surface area contributed by atoms with E-state index >= 15 is 0 Å². The maximum atomic E-state index is 13.1. The number of alkyl halides is 3. The van der Waals surface area contributed by atoms with Crippen molar-refractivity contribution >= 4 is 39.2 Å². The number of para-hydroxylation sites is 1. The highest BCUT2D eigenvalue weighted by Crippen LogP contribution is 2.38. The van der Waals surface area contributed by atoms with Crippen LogP contribution in [0, 0.1) is 0 Å². The van der Waals surface area contributed by atoms with Crippen LogP contribution in [-0.2, 0) is 25.7 Å². The summed E-state index contributed by atoms with van der Waals surface area (Å²) in [5, 5.41) is 1.66. The monoisotopic (exact) mass is 492 g/mol. The van der Waals surface area contributed by atoms with Gasteiger partial charge in [-0.2, -0.15) is 13.2 Å². The molecule has 174 valence electrons. The van der Waals surface area contributed by atoms with Gasteiger partial charge in [0.2, 0.25) is 10.0 Å². The molecule has 0 fully saturated rings. The smallest absolute Gasteiger partial charge is 0.418 e. The highest BCUT2D eigenvalue weighted by atomic mass is 35.5. The molecule has 7 nitrogen and oxygen atoms in total. The van der Waals surface area contributed by atoms with Crippen LogP contribution in [0.15, 0.2) is 47.4 Å². The van der Waals surface area contributed by atoms with Crippen molar-refractivity contribution in [2.75, 3.05) is 11.9 Å². The van der Waals surface area contributed by atoms with Crippen LogP contribution in [0.2, 0.25) is 5.02 Å². The lowest BCUT2D eigenvalue weighted by Crippen LogP contribution is -2.32. The Balaban J connectivity index is 2.02. The zero-order chi connectivity index (χ0) is 24.1. The van der Waals surface area contributed by atoms with E-state index in [2.05, 4.69) is 4.72 Å². The summed E-state index contributed by atoms with van der Waals surface area (Å²) in [6.45, 7) is 2.64. The van der Waals surface area contributed by atoms with Crippen molar-refractivity contribution in [1.82, 2.24) is 4.72 Å². The van der Waals surface area contributed by atoms with Gasteiger partial charge in [-0.3, -0.25) is 4.79 Å². The number of hydrogen-bond donors (Lipinski definition) is 2. The van der Waals surface area contributed by atoms with Crippen molar-refractivity contribution in [2.24, 2.45) is 0 Å². The fourth-order valence-electron chi connectivity index (χ4n) is 2.46. The molecule has 2 N–H and O–H groups in total. The summed E-state index contributed by atoms with van der Waals surface area (Å²) in [4.78, 5) is 24.0. The summed E-state index contributed by atoms with van der Waals surface area (Å²) < 4.78 is 70.9. The number of esters is 1. The summed E-state index contributed by atoms with van der Waals surface area (Å²) in [5.41, 5.74) is -1.84. The molecule has 0 aliphatic rings. The summed E-state index contributed by atoms with van der Waals surface area (Å²) in [6.07, 6.45) is -4.17. The first-order chi connectivity index (χ1) is 14.8. The van der Waals surface area contributed by atoms with Crippen LogP contribution in [-0.4, -0.2) is 32.9 Å². The molecule has 12 heteroatoms. The molecule has 2 aromatic rings. The maximum absolute atomic E-state index is 13.1. The third-order valence-electron chi connectivity index (χ3n) is 4.29. The fraction of sp³-hybridized carbons (Fsp3) is 0.300. The van der Waals surface area contributed by atoms with Gasteiger partial charge in [-0.25, -0.2) is 17.9 Å². The molecule has 0 bridgehead atoms. The van der Waals surface area contributed by atoms with Crippen LogP contribution >= 0.6 is 11.6 Å². The number of rotatable bonds is 8. The number of anilines is 1. The molecular weight excluding hydrogens is 473 g/mol. The highest BCUT2D eigenvalue weighted by molar-refractivity contribution is 7.89. The Labute approximate surface area is 188 Å². The van der Waals surface area contributed by atoms with Crippen LogP contribution in [0.3, 0.4) is 0 Å². The van der Waals surface area contributed by atoms with Crippen LogP contribution in [0.4, 0.5) is 18.9 Å². The normalized spacial score (nSPS) is 12.8. The minimum absolute atomic E-state index is 0.0472. The lowest BCUT2D eigenvalue weighted by Gasteiger charge is -2.15. The van der Waals surface area contributed by atoms with Crippen LogP contribution in [0.1, 0.15) is 36.2 Å². The summed E-state index contributed by atoms with van der Waals surface area (Å²) >= 11 is 5.75. The summed E-state index contributed by atoms with van der Waals surface area (Å²) in [6, 6.07) is 7.51. The minimum atomic E-state index is -4.75. The number of carbonyl (C=O) groups excluding carboxylic acids is 2. The van der Waals surface area contributed by atoms with Crippen LogP contribution < -0.4 is 10.0 Å². The van der Waals surface area contributed by atoms with Gasteiger partial charge in [-0.05, 0) is 49.7 Å². The number of carbonyl (C=O) groups is 2. The van der Waals surface area contributed by atoms with E-state index in [0.29, 0.717) is 6.42 Å². The predicted molar refractivity (Wildman–Crippen MR) is 112 cm³/mol. The minimum Gasteiger partial charge on any atom is -0.452 e. The molecule has 1 atom stereocenters. The van der Waals surface area contributed by atoms with E-state index in [1.807, 2.05) is 12.2 Å².